The van der Waals surface area contributed by atoms with E-state index in [1.165, 1.54) is 0 Å². The van der Waals surface area contributed by atoms with Gasteiger partial charge in [0.2, 0.25) is 11.8 Å². The molecule has 3 atom stereocenters. The zero-order valence-electron chi connectivity index (χ0n) is 22.6. The van der Waals surface area contributed by atoms with E-state index in [0.29, 0.717) is 12.8 Å². The van der Waals surface area contributed by atoms with E-state index in [1.54, 1.807) is 0 Å². The Kier molecular flexibility index (Phi) is 10.8. The lowest BCUT2D eigenvalue weighted by Gasteiger charge is -2.25. The van der Waals surface area contributed by atoms with Crippen LogP contribution in [0.3, 0.4) is 0 Å². The van der Waals surface area contributed by atoms with Crippen LogP contribution in [0.5, 0.6) is 0 Å². The Balaban J connectivity index is 1.78. The van der Waals surface area contributed by atoms with Crippen LogP contribution in [0.25, 0.3) is 0 Å². The van der Waals surface area contributed by atoms with E-state index < -0.39 is 29.9 Å². The maximum absolute atomic E-state index is 13.7. The monoisotopic (exact) mass is 548 g/mol. The number of rotatable bonds is 14. The summed E-state index contributed by atoms with van der Waals surface area (Å²) in [5, 5.41) is 15.1. The van der Waals surface area contributed by atoms with Crippen molar-refractivity contribution in [3.8, 4) is 0 Å². The molecule has 0 radical (unpaired) electrons. The van der Waals surface area contributed by atoms with Gasteiger partial charge in [-0.05, 0) is 29.9 Å². The summed E-state index contributed by atoms with van der Waals surface area (Å²) in [7, 11) is 0. The lowest BCUT2D eigenvalue weighted by atomic mass is 9.89. The summed E-state index contributed by atoms with van der Waals surface area (Å²) in [6.07, 6.45) is 2.34. The molecule has 3 rings (SSSR count). The summed E-state index contributed by atoms with van der Waals surface area (Å²) in [5.41, 5.74) is 12.2. The molecule has 2 amide bonds. The first-order valence-corrected chi connectivity index (χ1v) is 13.2. The molecule has 0 spiro atoms. The van der Waals surface area contributed by atoms with Crippen molar-refractivity contribution in [1.82, 2.24) is 15.6 Å². The number of nitrogens with one attached hydrogen (secondary N) is 2. The predicted molar refractivity (Wildman–Crippen MR) is 150 cm³/mol. The summed E-state index contributed by atoms with van der Waals surface area (Å²) in [4.78, 5) is 46.4. The van der Waals surface area contributed by atoms with Gasteiger partial charge in [0.1, 0.15) is 18.3 Å². The molecule has 0 aliphatic rings. The summed E-state index contributed by atoms with van der Waals surface area (Å²) >= 11 is 0. The number of carboxylic acid groups (broad SMARTS) is 1. The number of oxazole rings is 1. The van der Waals surface area contributed by atoms with E-state index >= 15 is 0 Å². The van der Waals surface area contributed by atoms with E-state index in [-0.39, 0.29) is 42.3 Å². The molecular weight excluding hydrogens is 512 g/mol. The number of aliphatic imine (C=N–C) groups is 1. The van der Waals surface area contributed by atoms with Gasteiger partial charge in [-0.1, -0.05) is 80.9 Å². The summed E-state index contributed by atoms with van der Waals surface area (Å²) in [6, 6.07) is 17.1. The van der Waals surface area contributed by atoms with Crippen LogP contribution in [0.2, 0.25) is 0 Å². The van der Waals surface area contributed by atoms with Gasteiger partial charge in [-0.2, -0.15) is 0 Å². The number of carbonyl (C=O) groups is 3. The van der Waals surface area contributed by atoms with Crippen LogP contribution in [0.4, 0.5) is 0 Å². The number of carboxylic acids is 1. The first kappa shape index (κ1) is 29.9. The number of aromatic nitrogens is 1. The number of benzene rings is 2. The van der Waals surface area contributed by atoms with Crippen LogP contribution in [-0.2, 0) is 9.59 Å². The molecule has 11 nitrogen and oxygen atoms in total. The summed E-state index contributed by atoms with van der Waals surface area (Å²) < 4.78 is 5.65. The van der Waals surface area contributed by atoms with Gasteiger partial charge in [0.15, 0.2) is 11.7 Å². The number of amides is 2. The number of nitrogens with zero attached hydrogens (tertiary/aromatic N) is 2. The van der Waals surface area contributed by atoms with Crippen molar-refractivity contribution in [2.45, 2.75) is 51.1 Å². The summed E-state index contributed by atoms with van der Waals surface area (Å²) in [5.74, 6) is -2.71. The van der Waals surface area contributed by atoms with Gasteiger partial charge >= 0.3 is 5.97 Å². The molecule has 11 heteroatoms. The van der Waals surface area contributed by atoms with Crippen LogP contribution in [0.15, 0.2) is 76.3 Å². The lowest BCUT2D eigenvalue weighted by molar-refractivity contribution is -0.139. The highest BCUT2D eigenvalue weighted by atomic mass is 16.4. The van der Waals surface area contributed by atoms with Gasteiger partial charge < -0.3 is 31.6 Å². The van der Waals surface area contributed by atoms with Crippen molar-refractivity contribution in [2.24, 2.45) is 22.4 Å². The Bertz CT molecular complexity index is 1250. The van der Waals surface area contributed by atoms with E-state index in [9.17, 15) is 19.5 Å². The standard InChI is InChI=1S/C29H36N6O5/c1-3-18(2)24(35-26(37)23(19-11-6-4-7-12-19)20-13-8-5-9-14-20)27-34-22(17-40-27)25(36)33-21(28(38)39)15-10-16-32-29(30)31/h4-9,11-14,17-18,21,23-24H,3,10,15-16H2,1-2H3,(H,33,36)(H,35,37)(H,38,39)(H4,30,31,32)/t18-,21-,24?/m0/s1. The topological polar surface area (TPSA) is 186 Å². The van der Waals surface area contributed by atoms with Gasteiger partial charge in [-0.15, -0.1) is 0 Å². The SMILES string of the molecule is CC[C@H](C)C(NC(=O)C(c1ccccc1)c1ccccc1)c1nc(C(=O)N[C@@H](CCCN=C(N)N)C(=O)O)co1. The number of guanidine groups is 1. The molecule has 7 N–H and O–H groups in total. The third-order valence-electron chi connectivity index (χ3n) is 6.61. The fraction of sp³-hybridized carbons (Fsp3) is 0.345. The molecule has 0 saturated carbocycles. The Morgan fingerprint density at radius 3 is 2.12 bits per heavy atom. The Labute approximate surface area is 233 Å². The first-order chi connectivity index (χ1) is 19.2. The number of carbonyl (C=O) groups excluding carboxylic acids is 2. The zero-order chi connectivity index (χ0) is 29.1. The Morgan fingerprint density at radius 2 is 1.60 bits per heavy atom. The minimum atomic E-state index is -1.20. The molecule has 0 aliphatic heterocycles. The number of hydrogen-bond acceptors (Lipinski definition) is 6. The van der Waals surface area contributed by atoms with Crippen molar-refractivity contribution < 1.29 is 23.9 Å². The molecular formula is C29H36N6O5. The fourth-order valence-electron chi connectivity index (χ4n) is 4.23. The van der Waals surface area contributed by atoms with Crippen molar-refractivity contribution in [3.63, 3.8) is 0 Å². The molecule has 0 bridgehead atoms. The number of nitrogens with two attached hydrogens (primary N) is 2. The van der Waals surface area contributed by atoms with Gasteiger partial charge in [0.25, 0.3) is 5.91 Å². The molecule has 40 heavy (non-hydrogen) atoms. The molecule has 1 unspecified atom stereocenters. The Hall–Kier alpha value is -4.67. The largest absolute Gasteiger partial charge is 0.480 e. The van der Waals surface area contributed by atoms with Gasteiger partial charge in [-0.3, -0.25) is 14.6 Å². The average Bonchev–Trinajstić information content (AvgIpc) is 3.44. The van der Waals surface area contributed by atoms with Crippen LogP contribution in [0, 0.1) is 5.92 Å². The van der Waals surface area contributed by atoms with Crippen molar-refractivity contribution >= 4 is 23.7 Å². The average molecular weight is 549 g/mol. The third-order valence-corrected chi connectivity index (χ3v) is 6.61. The molecule has 0 saturated heterocycles. The molecule has 0 fully saturated rings. The molecule has 1 heterocycles. The molecule has 2 aromatic carbocycles. The fourth-order valence-corrected chi connectivity index (χ4v) is 4.23. The first-order valence-electron chi connectivity index (χ1n) is 13.2. The van der Waals surface area contributed by atoms with E-state index in [4.69, 9.17) is 15.9 Å². The highest BCUT2D eigenvalue weighted by Gasteiger charge is 2.31. The normalized spacial score (nSPS) is 13.2. The van der Waals surface area contributed by atoms with Crippen LogP contribution >= 0.6 is 0 Å². The molecule has 0 aliphatic carbocycles. The minimum Gasteiger partial charge on any atom is -0.480 e. The highest BCUT2D eigenvalue weighted by molar-refractivity contribution is 5.94. The second kappa shape index (κ2) is 14.5. The minimum absolute atomic E-state index is 0.0759. The second-order valence-corrected chi connectivity index (χ2v) is 9.51. The van der Waals surface area contributed by atoms with Gasteiger partial charge in [0, 0.05) is 6.54 Å². The van der Waals surface area contributed by atoms with Crippen molar-refractivity contribution in [3.05, 3.63) is 89.6 Å². The molecule has 3 aromatic rings. The highest BCUT2D eigenvalue weighted by Crippen LogP contribution is 2.29. The zero-order valence-corrected chi connectivity index (χ0v) is 22.6. The maximum Gasteiger partial charge on any atom is 0.326 e. The van der Waals surface area contributed by atoms with E-state index in [1.807, 2.05) is 74.5 Å². The van der Waals surface area contributed by atoms with Crippen LogP contribution < -0.4 is 22.1 Å². The van der Waals surface area contributed by atoms with Gasteiger partial charge in [-0.25, -0.2) is 9.78 Å². The Morgan fingerprint density at radius 1 is 1.00 bits per heavy atom. The predicted octanol–water partition coefficient (Wildman–Crippen LogP) is 2.95. The quantitative estimate of drug-likeness (QED) is 0.116. The third kappa shape index (κ3) is 8.16. The van der Waals surface area contributed by atoms with Crippen molar-refractivity contribution in [1.29, 1.82) is 0 Å². The maximum atomic E-state index is 13.7. The van der Waals surface area contributed by atoms with Gasteiger partial charge in [0.05, 0.1) is 5.92 Å². The number of hydrogen-bond donors (Lipinski definition) is 5. The second-order valence-electron chi connectivity index (χ2n) is 9.51. The van der Waals surface area contributed by atoms with E-state index in [2.05, 4.69) is 20.6 Å². The molecule has 212 valence electrons. The summed E-state index contributed by atoms with van der Waals surface area (Å²) in [6.45, 7) is 4.16. The smallest absolute Gasteiger partial charge is 0.326 e. The number of aliphatic carboxylic acids is 1. The van der Waals surface area contributed by atoms with E-state index in [0.717, 1.165) is 17.4 Å². The van der Waals surface area contributed by atoms with Crippen LogP contribution in [0.1, 0.15) is 72.6 Å². The lowest BCUT2D eigenvalue weighted by Crippen LogP contribution is -2.41. The molecule has 1 aromatic heterocycles. The van der Waals surface area contributed by atoms with Crippen LogP contribution in [-0.4, -0.2) is 46.4 Å². The van der Waals surface area contributed by atoms with Crippen molar-refractivity contribution in [2.75, 3.05) is 6.54 Å².